The highest BCUT2D eigenvalue weighted by atomic mass is 16.5. The van der Waals surface area contributed by atoms with Crippen LogP contribution in [0.4, 0.5) is 0 Å². The van der Waals surface area contributed by atoms with Crippen molar-refractivity contribution in [1.82, 2.24) is 5.32 Å². The molecule has 0 unspecified atom stereocenters. The van der Waals surface area contributed by atoms with Gasteiger partial charge in [-0.1, -0.05) is 58.0 Å². The topological polar surface area (TPSA) is 55.4 Å². The Hall–Kier alpha value is -1.68. The number of rotatable bonds is 9. The molecule has 0 saturated carbocycles. The van der Waals surface area contributed by atoms with Gasteiger partial charge in [0.2, 0.25) is 0 Å². The van der Waals surface area contributed by atoms with Gasteiger partial charge in [-0.05, 0) is 25.8 Å². The van der Waals surface area contributed by atoms with E-state index in [-0.39, 0.29) is 24.4 Å². The van der Waals surface area contributed by atoms with E-state index in [1.165, 1.54) is 0 Å². The van der Waals surface area contributed by atoms with E-state index in [2.05, 4.69) is 5.32 Å². The van der Waals surface area contributed by atoms with Crippen LogP contribution in [0, 0.1) is 10.8 Å². The minimum atomic E-state index is -0.716. The molecule has 4 nitrogen and oxygen atoms in total. The molecule has 0 fully saturated rings. The van der Waals surface area contributed by atoms with Crippen LogP contribution in [-0.2, 0) is 20.9 Å². The smallest absolute Gasteiger partial charge is 0.311 e. The maximum absolute atomic E-state index is 12.5. The summed E-state index contributed by atoms with van der Waals surface area (Å²) < 4.78 is 5.45. The highest BCUT2D eigenvalue weighted by Gasteiger charge is 2.39. The van der Waals surface area contributed by atoms with Gasteiger partial charge in [0.15, 0.2) is 5.78 Å². The van der Waals surface area contributed by atoms with E-state index >= 15 is 0 Å². The van der Waals surface area contributed by atoms with Crippen LogP contribution in [0.25, 0.3) is 0 Å². The summed E-state index contributed by atoms with van der Waals surface area (Å²) >= 11 is 0. The Morgan fingerprint density at radius 1 is 1.04 bits per heavy atom. The molecule has 1 rings (SSSR count). The van der Waals surface area contributed by atoms with Gasteiger partial charge in [0, 0.05) is 11.5 Å². The molecular weight excluding hydrogens is 302 g/mol. The van der Waals surface area contributed by atoms with Crippen LogP contribution in [0.2, 0.25) is 0 Å². The van der Waals surface area contributed by atoms with E-state index in [1.807, 2.05) is 71.9 Å². The van der Waals surface area contributed by atoms with Crippen LogP contribution in [0.3, 0.4) is 0 Å². The summed E-state index contributed by atoms with van der Waals surface area (Å²) in [6.45, 7) is 12.0. The lowest BCUT2D eigenvalue weighted by molar-refractivity contribution is -0.157. The molecule has 0 atom stereocenters. The zero-order chi connectivity index (χ0) is 18.4. The molecule has 24 heavy (non-hydrogen) atoms. The van der Waals surface area contributed by atoms with Crippen molar-refractivity contribution < 1.29 is 14.3 Å². The Balaban J connectivity index is 2.62. The molecule has 0 aliphatic rings. The molecule has 4 heteroatoms. The molecule has 134 valence electrons. The number of esters is 1. The van der Waals surface area contributed by atoms with Gasteiger partial charge in [0.25, 0.3) is 0 Å². The highest BCUT2D eigenvalue weighted by Crippen LogP contribution is 2.35. The summed E-state index contributed by atoms with van der Waals surface area (Å²) in [6.07, 6.45) is 0.451. The average molecular weight is 333 g/mol. The van der Waals surface area contributed by atoms with Crippen LogP contribution in [0.5, 0.6) is 0 Å². The molecule has 0 aliphatic carbocycles. The minimum absolute atomic E-state index is 0.111. The number of benzene rings is 1. The zero-order valence-corrected chi connectivity index (χ0v) is 15.8. The van der Waals surface area contributed by atoms with Crippen molar-refractivity contribution in [3.05, 3.63) is 35.9 Å². The third kappa shape index (κ3) is 6.44. The first-order valence-corrected chi connectivity index (χ1v) is 8.52. The van der Waals surface area contributed by atoms with Gasteiger partial charge in [0.1, 0.15) is 6.61 Å². The Morgan fingerprint density at radius 2 is 1.62 bits per heavy atom. The number of ether oxygens (including phenoxy) is 1. The maximum atomic E-state index is 12.5. The number of hydrogen-bond acceptors (Lipinski definition) is 4. The lowest BCUT2D eigenvalue weighted by Crippen LogP contribution is -2.41. The first-order chi connectivity index (χ1) is 11.0. The Bertz CT molecular complexity index is 547. The fourth-order valence-corrected chi connectivity index (χ4v) is 2.73. The lowest BCUT2D eigenvalue weighted by atomic mass is 9.72. The van der Waals surface area contributed by atoms with E-state index in [0.717, 1.165) is 5.56 Å². The van der Waals surface area contributed by atoms with Gasteiger partial charge in [-0.15, -0.1) is 0 Å². The van der Waals surface area contributed by atoms with Crippen molar-refractivity contribution in [3.63, 3.8) is 0 Å². The Labute approximate surface area is 146 Å². The van der Waals surface area contributed by atoms with E-state index in [9.17, 15) is 9.59 Å². The first kappa shape index (κ1) is 20.4. The van der Waals surface area contributed by atoms with Crippen LogP contribution < -0.4 is 5.32 Å². The normalized spacial score (nSPS) is 12.3. The second-order valence-electron chi connectivity index (χ2n) is 7.97. The van der Waals surface area contributed by atoms with E-state index in [0.29, 0.717) is 13.0 Å². The molecule has 1 aromatic carbocycles. The predicted molar refractivity (Wildman–Crippen MR) is 96.6 cm³/mol. The molecular formula is C20H31NO3. The minimum Gasteiger partial charge on any atom is -0.460 e. The number of nitrogens with one attached hydrogen (secondary N) is 1. The maximum Gasteiger partial charge on any atom is 0.311 e. The highest BCUT2D eigenvalue weighted by molar-refractivity contribution is 5.87. The SMILES string of the molecule is CC(C)NCC(=O)C(C)(C)CC(C)(C)C(=O)OCc1ccccc1. The summed E-state index contributed by atoms with van der Waals surface area (Å²) in [7, 11) is 0. The molecule has 0 spiro atoms. The van der Waals surface area contributed by atoms with Crippen molar-refractivity contribution in [3.8, 4) is 0 Å². The third-order valence-corrected chi connectivity index (χ3v) is 4.07. The lowest BCUT2D eigenvalue weighted by Gasteiger charge is -2.32. The summed E-state index contributed by atoms with van der Waals surface area (Å²) in [5.41, 5.74) is -0.346. The van der Waals surface area contributed by atoms with Gasteiger partial charge in [-0.25, -0.2) is 0 Å². The summed E-state index contributed by atoms with van der Waals surface area (Å²) in [5, 5.41) is 3.15. The molecule has 0 amide bonds. The largest absolute Gasteiger partial charge is 0.460 e. The number of hydrogen-bond donors (Lipinski definition) is 1. The third-order valence-electron chi connectivity index (χ3n) is 4.07. The molecule has 0 saturated heterocycles. The second kappa shape index (κ2) is 8.43. The summed E-state index contributed by atoms with van der Waals surface area (Å²) in [6, 6.07) is 9.86. The van der Waals surface area contributed by atoms with Gasteiger partial charge in [-0.2, -0.15) is 0 Å². The molecule has 0 bridgehead atoms. The molecule has 0 aromatic heterocycles. The van der Waals surface area contributed by atoms with Crippen LogP contribution in [0.1, 0.15) is 53.5 Å². The van der Waals surface area contributed by atoms with Crippen molar-refractivity contribution in [2.45, 2.75) is 60.6 Å². The summed E-state index contributed by atoms with van der Waals surface area (Å²) in [5.74, 6) is -0.163. The summed E-state index contributed by atoms with van der Waals surface area (Å²) in [4.78, 5) is 24.9. The number of carbonyl (C=O) groups is 2. The second-order valence-corrected chi connectivity index (χ2v) is 7.97. The zero-order valence-electron chi connectivity index (χ0n) is 15.8. The van der Waals surface area contributed by atoms with Crippen molar-refractivity contribution >= 4 is 11.8 Å². The van der Waals surface area contributed by atoms with Crippen molar-refractivity contribution in [1.29, 1.82) is 0 Å². The standard InChI is InChI=1S/C20H31NO3/c1-15(2)21-12-17(22)19(3,4)14-20(5,6)18(23)24-13-16-10-8-7-9-11-16/h7-11,15,21H,12-14H2,1-6H3. The van der Waals surface area contributed by atoms with E-state index in [1.54, 1.807) is 0 Å². The van der Waals surface area contributed by atoms with Gasteiger partial charge < -0.3 is 10.1 Å². The Morgan fingerprint density at radius 3 is 2.17 bits per heavy atom. The number of Topliss-reactive ketones (excluding diaryl/α,β-unsaturated/α-hetero) is 1. The van der Waals surface area contributed by atoms with E-state index in [4.69, 9.17) is 4.74 Å². The van der Waals surface area contributed by atoms with Crippen LogP contribution in [-0.4, -0.2) is 24.3 Å². The number of carbonyl (C=O) groups excluding carboxylic acids is 2. The first-order valence-electron chi connectivity index (χ1n) is 8.52. The van der Waals surface area contributed by atoms with Crippen molar-refractivity contribution in [2.24, 2.45) is 10.8 Å². The average Bonchev–Trinajstić information content (AvgIpc) is 2.50. The predicted octanol–water partition coefficient (Wildman–Crippen LogP) is 3.74. The molecule has 1 aromatic rings. The molecule has 0 aliphatic heterocycles. The quantitative estimate of drug-likeness (QED) is 0.700. The molecule has 1 N–H and O–H groups in total. The number of ketones is 1. The van der Waals surface area contributed by atoms with E-state index < -0.39 is 10.8 Å². The van der Waals surface area contributed by atoms with Crippen LogP contribution in [0.15, 0.2) is 30.3 Å². The van der Waals surface area contributed by atoms with Gasteiger partial charge in [0.05, 0.1) is 12.0 Å². The fourth-order valence-electron chi connectivity index (χ4n) is 2.73. The van der Waals surface area contributed by atoms with Crippen molar-refractivity contribution in [2.75, 3.05) is 6.54 Å². The molecule has 0 heterocycles. The van der Waals surface area contributed by atoms with Crippen LogP contribution >= 0.6 is 0 Å². The fraction of sp³-hybridized carbons (Fsp3) is 0.600. The Kier molecular flexibility index (Phi) is 7.15. The monoisotopic (exact) mass is 333 g/mol. The van der Waals surface area contributed by atoms with Gasteiger partial charge >= 0.3 is 5.97 Å². The van der Waals surface area contributed by atoms with Gasteiger partial charge in [-0.3, -0.25) is 9.59 Å². The molecule has 0 radical (unpaired) electrons.